The Hall–Kier alpha value is -2.79. The predicted octanol–water partition coefficient (Wildman–Crippen LogP) is 2.98. The number of amides is 1. The summed E-state index contributed by atoms with van der Waals surface area (Å²) in [5, 5.41) is 4.75. The Morgan fingerprint density at radius 1 is 1.09 bits per heavy atom. The van der Waals surface area contributed by atoms with Crippen molar-refractivity contribution in [2.45, 2.75) is 17.9 Å². The van der Waals surface area contributed by atoms with Gasteiger partial charge >= 0.3 is 0 Å². The largest absolute Gasteiger partial charge is 0.378 e. The second kappa shape index (κ2) is 9.22. The molecule has 2 aromatic heterocycles. The molecule has 0 saturated carbocycles. The number of aromatic nitrogens is 1. The van der Waals surface area contributed by atoms with Crippen molar-refractivity contribution in [1.29, 1.82) is 0 Å². The fourth-order valence-electron chi connectivity index (χ4n) is 4.03. The molecule has 5 rings (SSSR count). The molecular weight excluding hydrogens is 460 g/mol. The molecule has 1 fully saturated rings. The van der Waals surface area contributed by atoms with Gasteiger partial charge in [-0.3, -0.25) is 4.79 Å². The fourth-order valence-corrected chi connectivity index (χ4v) is 6.39. The van der Waals surface area contributed by atoms with Crippen LogP contribution in [0.1, 0.15) is 20.8 Å². The van der Waals surface area contributed by atoms with Crippen LogP contribution in [-0.4, -0.2) is 56.5 Å². The number of anilines is 2. The predicted molar refractivity (Wildman–Crippen MR) is 127 cm³/mol. The van der Waals surface area contributed by atoms with Crippen LogP contribution in [0, 0.1) is 0 Å². The van der Waals surface area contributed by atoms with Crippen LogP contribution >= 0.6 is 11.3 Å². The van der Waals surface area contributed by atoms with Crippen LogP contribution in [0.2, 0.25) is 0 Å². The number of sulfonamides is 1. The molecule has 33 heavy (non-hydrogen) atoms. The van der Waals surface area contributed by atoms with Crippen LogP contribution in [0.4, 0.5) is 11.5 Å². The average Bonchev–Trinajstić information content (AvgIpc) is 3.33. The third kappa shape index (κ3) is 4.65. The van der Waals surface area contributed by atoms with Crippen LogP contribution in [0.3, 0.4) is 0 Å². The van der Waals surface area contributed by atoms with Gasteiger partial charge in [-0.25, -0.2) is 13.4 Å². The molecule has 2 aliphatic rings. The lowest BCUT2D eigenvalue weighted by atomic mass is 10.1. The zero-order valence-electron chi connectivity index (χ0n) is 17.9. The van der Waals surface area contributed by atoms with E-state index in [9.17, 15) is 13.2 Å². The molecule has 0 unspecified atom stereocenters. The van der Waals surface area contributed by atoms with E-state index >= 15 is 0 Å². The summed E-state index contributed by atoms with van der Waals surface area (Å²) in [6.07, 6.45) is 2.43. The van der Waals surface area contributed by atoms with Gasteiger partial charge in [-0.15, -0.1) is 11.3 Å². The highest BCUT2D eigenvalue weighted by atomic mass is 32.2. The number of nitrogens with one attached hydrogen (secondary N) is 1. The highest BCUT2D eigenvalue weighted by Crippen LogP contribution is 2.28. The highest BCUT2D eigenvalue weighted by Gasteiger charge is 2.29. The summed E-state index contributed by atoms with van der Waals surface area (Å²) in [5.74, 6) is 0.00345. The second-order valence-corrected chi connectivity index (χ2v) is 10.9. The Balaban J connectivity index is 1.29. The normalized spacial score (nSPS) is 16.9. The maximum absolute atomic E-state index is 13.2. The molecule has 1 aromatic carbocycles. The maximum Gasteiger partial charge on any atom is 0.256 e. The van der Waals surface area contributed by atoms with Crippen molar-refractivity contribution >= 4 is 38.8 Å². The summed E-state index contributed by atoms with van der Waals surface area (Å²) >= 11 is 1.66. The monoisotopic (exact) mass is 484 g/mol. The minimum absolute atomic E-state index is 0.115. The second-order valence-electron chi connectivity index (χ2n) is 7.94. The van der Waals surface area contributed by atoms with Crippen LogP contribution in [-0.2, 0) is 27.7 Å². The lowest BCUT2D eigenvalue weighted by Crippen LogP contribution is -2.36. The van der Waals surface area contributed by atoms with E-state index in [2.05, 4.69) is 15.2 Å². The van der Waals surface area contributed by atoms with Gasteiger partial charge in [-0.05, 0) is 53.8 Å². The zero-order chi connectivity index (χ0) is 22.8. The Morgan fingerprint density at radius 2 is 1.94 bits per heavy atom. The van der Waals surface area contributed by atoms with Crippen molar-refractivity contribution in [3.8, 4) is 0 Å². The summed E-state index contributed by atoms with van der Waals surface area (Å²) in [5.41, 5.74) is 2.29. The minimum Gasteiger partial charge on any atom is -0.378 e. The summed E-state index contributed by atoms with van der Waals surface area (Å²) < 4.78 is 33.3. The number of hydrogen-bond acceptors (Lipinski definition) is 7. The first-order valence-corrected chi connectivity index (χ1v) is 13.1. The smallest absolute Gasteiger partial charge is 0.256 e. The molecule has 4 heterocycles. The number of rotatable bonds is 5. The number of fused-ring (bicyclic) bond motifs is 1. The topological polar surface area (TPSA) is 91.8 Å². The average molecular weight is 485 g/mol. The number of hydrogen-bond donors (Lipinski definition) is 1. The van der Waals surface area contributed by atoms with Gasteiger partial charge in [-0.1, -0.05) is 6.07 Å². The van der Waals surface area contributed by atoms with Crippen LogP contribution in [0.15, 0.2) is 58.9 Å². The SMILES string of the molecule is O=C(Nc1ccc(N2CCOCC2)cn1)c1cccc(S(=O)(=O)N2CCc3sccc3C2)c1. The van der Waals surface area contributed by atoms with Crippen LogP contribution < -0.4 is 10.2 Å². The third-order valence-corrected chi connectivity index (χ3v) is 8.74. The minimum atomic E-state index is -3.70. The van der Waals surface area contributed by atoms with Gasteiger partial charge in [0, 0.05) is 36.6 Å². The third-order valence-electron chi connectivity index (χ3n) is 5.87. The van der Waals surface area contributed by atoms with Crippen molar-refractivity contribution < 1.29 is 17.9 Å². The van der Waals surface area contributed by atoms with E-state index in [-0.39, 0.29) is 10.5 Å². The van der Waals surface area contributed by atoms with Gasteiger partial charge in [0.05, 0.1) is 30.0 Å². The number of pyridine rings is 1. The number of nitrogens with zero attached hydrogens (tertiary/aromatic N) is 3. The first-order valence-electron chi connectivity index (χ1n) is 10.8. The van der Waals surface area contributed by atoms with Crippen molar-refractivity contribution in [1.82, 2.24) is 9.29 Å². The molecule has 0 spiro atoms. The Bertz CT molecular complexity index is 1250. The molecule has 0 radical (unpaired) electrons. The quantitative estimate of drug-likeness (QED) is 0.599. The molecule has 1 amide bonds. The van der Waals surface area contributed by atoms with Gasteiger partial charge in [0.2, 0.25) is 10.0 Å². The lowest BCUT2D eigenvalue weighted by Gasteiger charge is -2.28. The Labute approximate surface area is 196 Å². The van der Waals surface area contributed by atoms with Gasteiger partial charge in [0.1, 0.15) is 5.82 Å². The number of benzene rings is 1. The van der Waals surface area contributed by atoms with E-state index in [4.69, 9.17) is 4.74 Å². The number of ether oxygens (including phenoxy) is 1. The van der Waals surface area contributed by atoms with Crippen molar-refractivity contribution in [3.05, 3.63) is 70.0 Å². The molecule has 10 heteroatoms. The summed E-state index contributed by atoms with van der Waals surface area (Å²) in [6.45, 7) is 3.77. The first kappa shape index (κ1) is 22.0. The van der Waals surface area contributed by atoms with Crippen molar-refractivity contribution in [2.75, 3.05) is 43.1 Å². The number of carbonyl (C=O) groups excluding carboxylic acids is 1. The van der Waals surface area contributed by atoms with Crippen molar-refractivity contribution in [3.63, 3.8) is 0 Å². The molecule has 1 N–H and O–H groups in total. The van der Waals surface area contributed by atoms with Gasteiger partial charge in [-0.2, -0.15) is 4.31 Å². The lowest BCUT2D eigenvalue weighted by molar-refractivity contribution is 0.102. The highest BCUT2D eigenvalue weighted by molar-refractivity contribution is 7.89. The number of morpholine rings is 1. The molecule has 0 aliphatic carbocycles. The molecule has 1 saturated heterocycles. The molecule has 3 aromatic rings. The molecule has 8 nitrogen and oxygen atoms in total. The first-order chi connectivity index (χ1) is 16.0. The van der Waals surface area contributed by atoms with E-state index in [1.165, 1.54) is 21.3 Å². The zero-order valence-corrected chi connectivity index (χ0v) is 19.6. The number of thiophene rings is 1. The molecule has 2 aliphatic heterocycles. The van der Waals surface area contributed by atoms with Gasteiger partial charge < -0.3 is 15.0 Å². The van der Waals surface area contributed by atoms with E-state index in [0.717, 1.165) is 24.3 Å². The Morgan fingerprint density at radius 3 is 2.73 bits per heavy atom. The number of carbonyl (C=O) groups is 1. The van der Waals surface area contributed by atoms with E-state index in [0.29, 0.717) is 38.5 Å². The van der Waals surface area contributed by atoms with Crippen molar-refractivity contribution in [2.24, 2.45) is 0 Å². The van der Waals surface area contributed by atoms with Gasteiger partial charge in [0.15, 0.2) is 0 Å². The van der Waals surface area contributed by atoms with E-state index in [1.807, 2.05) is 17.5 Å². The standard InChI is InChI=1S/C23H24N4O4S2/c28-23(25-22-5-4-19(15-24-22)26-9-11-31-12-10-26)17-2-1-3-20(14-17)33(29,30)27-8-6-21-18(16-27)7-13-32-21/h1-5,7,13-15H,6,8-12,16H2,(H,24,25,28). The fraction of sp³-hybridized carbons (Fsp3) is 0.304. The Kier molecular flexibility index (Phi) is 6.15. The van der Waals surface area contributed by atoms with Crippen LogP contribution in [0.5, 0.6) is 0 Å². The molecule has 0 bridgehead atoms. The van der Waals surface area contributed by atoms with Crippen LogP contribution in [0.25, 0.3) is 0 Å². The van der Waals surface area contributed by atoms with E-state index in [1.54, 1.807) is 35.7 Å². The molecule has 0 atom stereocenters. The summed E-state index contributed by atoms with van der Waals surface area (Å²) in [6, 6.07) is 11.8. The molecular formula is C23H24N4O4S2. The summed E-state index contributed by atoms with van der Waals surface area (Å²) in [4.78, 5) is 20.7. The summed E-state index contributed by atoms with van der Waals surface area (Å²) in [7, 11) is -3.70. The van der Waals surface area contributed by atoms with Gasteiger partial charge in [0.25, 0.3) is 5.91 Å². The van der Waals surface area contributed by atoms with E-state index < -0.39 is 15.9 Å². The molecule has 172 valence electrons. The maximum atomic E-state index is 13.2.